The highest BCUT2D eigenvalue weighted by atomic mass is 16.1. The molecule has 3 nitrogen and oxygen atoms in total. The van der Waals surface area contributed by atoms with E-state index in [1.165, 1.54) is 0 Å². The summed E-state index contributed by atoms with van der Waals surface area (Å²) in [6.45, 7) is 3.43. The molecule has 1 amide bonds. The third-order valence-corrected chi connectivity index (χ3v) is 1.05. The smallest absolute Gasteiger partial charge is 0.218 e. The second-order valence-electron chi connectivity index (χ2n) is 1.99. The van der Waals surface area contributed by atoms with Gasteiger partial charge < -0.3 is 11.1 Å². The van der Waals surface area contributed by atoms with E-state index >= 15 is 0 Å². The van der Waals surface area contributed by atoms with Gasteiger partial charge in [0.2, 0.25) is 5.91 Å². The number of hydrogen-bond acceptors (Lipinski definition) is 2. The summed E-state index contributed by atoms with van der Waals surface area (Å²) in [6, 6.07) is 0. The first kappa shape index (κ1) is 9.17. The molecular weight excluding hydrogens is 128 g/mol. The number of carbonyl (C=O) groups excluding carboxylic acids is 1. The standard InChI is InChI=1S/C7H14N2O/c1-2-3-5-9-6-4-7(8)10/h2-3,9H,4-6H2,1H3,(H2,8,10)/b3-2+. The SMILES string of the molecule is C/C=C/CNCCC(N)=O. The summed E-state index contributed by atoms with van der Waals surface area (Å²) in [7, 11) is 0. The molecule has 3 N–H and O–H groups in total. The minimum Gasteiger partial charge on any atom is -0.370 e. The van der Waals surface area contributed by atoms with E-state index in [2.05, 4.69) is 5.32 Å². The van der Waals surface area contributed by atoms with Gasteiger partial charge in [-0.15, -0.1) is 0 Å². The van der Waals surface area contributed by atoms with Crippen LogP contribution in [0, 0.1) is 0 Å². The van der Waals surface area contributed by atoms with Gasteiger partial charge in [0.25, 0.3) is 0 Å². The van der Waals surface area contributed by atoms with Crippen LogP contribution in [0.25, 0.3) is 0 Å². The number of amides is 1. The summed E-state index contributed by atoms with van der Waals surface area (Å²) in [6.07, 6.45) is 4.36. The Morgan fingerprint density at radius 2 is 2.40 bits per heavy atom. The molecule has 0 aromatic heterocycles. The first-order valence-corrected chi connectivity index (χ1v) is 3.37. The first-order chi connectivity index (χ1) is 4.77. The van der Waals surface area contributed by atoms with Gasteiger partial charge >= 0.3 is 0 Å². The highest BCUT2D eigenvalue weighted by molar-refractivity contribution is 5.73. The van der Waals surface area contributed by atoms with Crippen LogP contribution < -0.4 is 11.1 Å². The van der Waals surface area contributed by atoms with Crippen LogP contribution in [-0.2, 0) is 4.79 Å². The molecule has 0 unspecified atom stereocenters. The molecule has 0 heterocycles. The van der Waals surface area contributed by atoms with E-state index in [0.29, 0.717) is 13.0 Å². The van der Waals surface area contributed by atoms with Crippen LogP contribution in [0.15, 0.2) is 12.2 Å². The lowest BCUT2D eigenvalue weighted by Crippen LogP contribution is -2.21. The number of nitrogens with one attached hydrogen (secondary N) is 1. The second-order valence-corrected chi connectivity index (χ2v) is 1.99. The summed E-state index contributed by atoms with van der Waals surface area (Å²) in [5, 5.41) is 3.03. The van der Waals surface area contributed by atoms with Crippen LogP contribution in [0.1, 0.15) is 13.3 Å². The molecule has 0 rings (SSSR count). The van der Waals surface area contributed by atoms with Gasteiger partial charge in [0, 0.05) is 19.5 Å². The third-order valence-electron chi connectivity index (χ3n) is 1.05. The van der Waals surface area contributed by atoms with Crippen LogP contribution in [0.3, 0.4) is 0 Å². The minimum absolute atomic E-state index is 0.257. The predicted octanol–water partition coefficient (Wildman–Crippen LogP) is 0.0275. The number of nitrogens with two attached hydrogens (primary N) is 1. The summed E-state index contributed by atoms with van der Waals surface area (Å²) in [5.41, 5.74) is 4.91. The molecule has 0 aromatic carbocycles. The zero-order valence-corrected chi connectivity index (χ0v) is 6.26. The minimum atomic E-state index is -0.257. The van der Waals surface area contributed by atoms with Gasteiger partial charge in [0.05, 0.1) is 0 Å². The Balaban J connectivity index is 2.98. The van der Waals surface area contributed by atoms with E-state index in [0.717, 1.165) is 6.54 Å². The molecule has 10 heavy (non-hydrogen) atoms. The van der Waals surface area contributed by atoms with Crippen molar-refractivity contribution in [3.05, 3.63) is 12.2 Å². The van der Waals surface area contributed by atoms with Crippen molar-refractivity contribution < 1.29 is 4.79 Å². The van der Waals surface area contributed by atoms with Crippen molar-refractivity contribution >= 4 is 5.91 Å². The molecule has 58 valence electrons. The average Bonchev–Trinajstić information content (AvgIpc) is 1.87. The molecule has 0 aliphatic heterocycles. The van der Waals surface area contributed by atoms with E-state index in [1.807, 2.05) is 19.1 Å². The lowest BCUT2D eigenvalue weighted by atomic mass is 10.4. The van der Waals surface area contributed by atoms with Gasteiger partial charge in [-0.3, -0.25) is 4.79 Å². The quantitative estimate of drug-likeness (QED) is 0.420. The molecule has 0 saturated heterocycles. The maximum atomic E-state index is 10.2. The van der Waals surface area contributed by atoms with Crippen molar-refractivity contribution in [2.45, 2.75) is 13.3 Å². The van der Waals surface area contributed by atoms with E-state index in [9.17, 15) is 4.79 Å². The lowest BCUT2D eigenvalue weighted by Gasteiger charge is -1.96. The van der Waals surface area contributed by atoms with Gasteiger partial charge in [0.1, 0.15) is 0 Å². The zero-order valence-electron chi connectivity index (χ0n) is 6.26. The van der Waals surface area contributed by atoms with Crippen molar-refractivity contribution in [2.24, 2.45) is 5.73 Å². The van der Waals surface area contributed by atoms with Crippen molar-refractivity contribution in [2.75, 3.05) is 13.1 Å². The summed E-state index contributed by atoms with van der Waals surface area (Å²) in [4.78, 5) is 10.2. The Labute approximate surface area is 61.3 Å². The molecule has 0 aromatic rings. The van der Waals surface area contributed by atoms with Gasteiger partial charge in [-0.2, -0.15) is 0 Å². The fraction of sp³-hybridized carbons (Fsp3) is 0.571. The monoisotopic (exact) mass is 142 g/mol. The molecular formula is C7H14N2O. The number of hydrogen-bond donors (Lipinski definition) is 2. The Morgan fingerprint density at radius 3 is 2.90 bits per heavy atom. The van der Waals surface area contributed by atoms with Crippen LogP contribution in [0.2, 0.25) is 0 Å². The van der Waals surface area contributed by atoms with E-state index in [1.54, 1.807) is 0 Å². The molecule has 0 saturated carbocycles. The maximum Gasteiger partial charge on any atom is 0.218 e. The van der Waals surface area contributed by atoms with Crippen LogP contribution in [-0.4, -0.2) is 19.0 Å². The molecule has 0 atom stereocenters. The Hall–Kier alpha value is -0.830. The lowest BCUT2D eigenvalue weighted by molar-refractivity contribution is -0.117. The van der Waals surface area contributed by atoms with Gasteiger partial charge in [-0.1, -0.05) is 12.2 Å². The van der Waals surface area contributed by atoms with Crippen LogP contribution in [0.5, 0.6) is 0 Å². The highest BCUT2D eigenvalue weighted by Gasteiger charge is 1.89. The topological polar surface area (TPSA) is 55.1 Å². The number of allylic oxidation sites excluding steroid dienone is 1. The van der Waals surface area contributed by atoms with E-state index < -0.39 is 0 Å². The molecule has 0 radical (unpaired) electrons. The summed E-state index contributed by atoms with van der Waals surface area (Å²) < 4.78 is 0. The number of rotatable bonds is 5. The summed E-state index contributed by atoms with van der Waals surface area (Å²) >= 11 is 0. The van der Waals surface area contributed by atoms with Gasteiger partial charge in [-0.05, 0) is 6.92 Å². The summed E-state index contributed by atoms with van der Waals surface area (Å²) in [5.74, 6) is -0.257. The third kappa shape index (κ3) is 7.17. The van der Waals surface area contributed by atoms with E-state index in [4.69, 9.17) is 5.73 Å². The van der Waals surface area contributed by atoms with Crippen LogP contribution >= 0.6 is 0 Å². The van der Waals surface area contributed by atoms with Gasteiger partial charge in [0.15, 0.2) is 0 Å². The molecule has 0 aliphatic carbocycles. The zero-order chi connectivity index (χ0) is 7.82. The highest BCUT2D eigenvalue weighted by Crippen LogP contribution is 1.72. The van der Waals surface area contributed by atoms with Crippen LogP contribution in [0.4, 0.5) is 0 Å². The molecule has 0 aliphatic rings. The largest absolute Gasteiger partial charge is 0.370 e. The molecule has 3 heteroatoms. The first-order valence-electron chi connectivity index (χ1n) is 3.37. The Morgan fingerprint density at radius 1 is 1.70 bits per heavy atom. The van der Waals surface area contributed by atoms with E-state index in [-0.39, 0.29) is 5.91 Å². The normalized spacial score (nSPS) is 10.5. The average molecular weight is 142 g/mol. The van der Waals surface area contributed by atoms with Crippen molar-refractivity contribution in [3.63, 3.8) is 0 Å². The molecule has 0 spiro atoms. The number of primary amides is 1. The second kappa shape index (κ2) is 6.29. The Kier molecular flexibility index (Phi) is 5.77. The van der Waals surface area contributed by atoms with Gasteiger partial charge in [-0.25, -0.2) is 0 Å². The van der Waals surface area contributed by atoms with Crippen molar-refractivity contribution in [1.82, 2.24) is 5.32 Å². The fourth-order valence-electron chi connectivity index (χ4n) is 0.515. The Bertz CT molecular complexity index is 121. The maximum absolute atomic E-state index is 10.2. The fourth-order valence-corrected chi connectivity index (χ4v) is 0.515. The molecule has 0 bridgehead atoms. The molecule has 0 fully saturated rings. The number of carbonyl (C=O) groups is 1. The predicted molar refractivity (Wildman–Crippen MR) is 41.5 cm³/mol. The van der Waals surface area contributed by atoms with Crippen molar-refractivity contribution in [1.29, 1.82) is 0 Å². The van der Waals surface area contributed by atoms with Crippen molar-refractivity contribution in [3.8, 4) is 0 Å².